The average Bonchev–Trinajstić information content (AvgIpc) is 3.48. The Labute approximate surface area is 204 Å². The van der Waals surface area contributed by atoms with E-state index in [4.69, 9.17) is 15.0 Å². The largest absolute Gasteiger partial charge is 0.355 e. The van der Waals surface area contributed by atoms with Gasteiger partial charge >= 0.3 is 0 Å². The summed E-state index contributed by atoms with van der Waals surface area (Å²) >= 11 is 3.43. The van der Waals surface area contributed by atoms with Crippen molar-refractivity contribution in [1.29, 1.82) is 0 Å². The van der Waals surface area contributed by atoms with Crippen molar-refractivity contribution < 1.29 is 0 Å². The monoisotopic (exact) mass is 476 g/mol. The molecule has 0 N–H and O–H groups in total. The molecule has 0 radical (unpaired) electrons. The van der Waals surface area contributed by atoms with Crippen molar-refractivity contribution in [1.82, 2.24) is 15.0 Å². The number of nitrogens with zero attached hydrogens (tertiary/aromatic N) is 4. The van der Waals surface area contributed by atoms with Crippen LogP contribution in [0.5, 0.6) is 0 Å². The molecule has 1 aliphatic carbocycles. The highest BCUT2D eigenvalue weighted by Gasteiger charge is 2.26. The summed E-state index contributed by atoms with van der Waals surface area (Å²) in [7, 11) is 0. The summed E-state index contributed by atoms with van der Waals surface area (Å²) in [4.78, 5) is 19.0. The van der Waals surface area contributed by atoms with Gasteiger partial charge in [0.2, 0.25) is 0 Å². The molecule has 1 aromatic carbocycles. The summed E-state index contributed by atoms with van der Waals surface area (Å²) in [6.45, 7) is 6.62. The van der Waals surface area contributed by atoms with Gasteiger partial charge in [-0.05, 0) is 49.5 Å². The lowest BCUT2D eigenvalue weighted by atomic mass is 10.0. The normalized spacial score (nSPS) is 13.2. The van der Waals surface area contributed by atoms with Crippen molar-refractivity contribution in [2.24, 2.45) is 0 Å². The zero-order valence-corrected chi connectivity index (χ0v) is 21.5. The first-order valence-corrected chi connectivity index (χ1v) is 14.3. The number of anilines is 1. The number of benzene rings is 1. The smallest absolute Gasteiger partial charge is 0.189 e. The van der Waals surface area contributed by atoms with E-state index in [-0.39, 0.29) is 0 Å². The quantitative estimate of drug-likeness (QED) is 0.184. The van der Waals surface area contributed by atoms with Crippen LogP contribution in [0.4, 0.5) is 5.82 Å². The number of aryl methyl sites for hydroxylation is 1. The zero-order valence-electron chi connectivity index (χ0n) is 19.9. The molecular formula is C27H32N4S2. The van der Waals surface area contributed by atoms with Crippen LogP contribution in [0.15, 0.2) is 35.5 Å². The van der Waals surface area contributed by atoms with Gasteiger partial charge in [0.15, 0.2) is 11.0 Å². The summed E-state index contributed by atoms with van der Waals surface area (Å²) in [5.74, 6) is 1.11. The molecule has 4 nitrogen and oxygen atoms in total. The topological polar surface area (TPSA) is 41.9 Å². The molecule has 0 saturated carbocycles. The van der Waals surface area contributed by atoms with Crippen LogP contribution in [0.2, 0.25) is 0 Å². The number of hydrogen-bond acceptors (Lipinski definition) is 6. The van der Waals surface area contributed by atoms with Crippen molar-refractivity contribution in [2.45, 2.75) is 63.9 Å². The van der Waals surface area contributed by atoms with Gasteiger partial charge in [0.1, 0.15) is 4.83 Å². The van der Waals surface area contributed by atoms with Gasteiger partial charge in [-0.2, -0.15) is 0 Å². The molecule has 33 heavy (non-hydrogen) atoms. The summed E-state index contributed by atoms with van der Waals surface area (Å²) in [5.41, 5.74) is 6.39. The molecule has 0 unspecified atom stereocenters. The lowest BCUT2D eigenvalue weighted by Gasteiger charge is -2.24. The number of thioether (sulfide) groups is 1. The SMILES string of the molecule is CCCCN(CCCC)c1nc(SC)nc2c1sc1nc(-c3ccccc3)c3c(c12)CCC3. The minimum atomic E-state index is 0.870. The van der Waals surface area contributed by atoms with Crippen LogP contribution in [-0.2, 0) is 12.8 Å². The summed E-state index contributed by atoms with van der Waals surface area (Å²) in [5, 5.41) is 2.15. The maximum atomic E-state index is 5.26. The predicted octanol–water partition coefficient (Wildman–Crippen LogP) is 7.52. The molecule has 0 amide bonds. The molecule has 6 heteroatoms. The Morgan fingerprint density at radius 3 is 2.36 bits per heavy atom. The fourth-order valence-corrected chi connectivity index (χ4v) is 6.42. The van der Waals surface area contributed by atoms with Gasteiger partial charge in [-0.25, -0.2) is 15.0 Å². The third-order valence-corrected chi connectivity index (χ3v) is 8.20. The minimum absolute atomic E-state index is 0.870. The number of hydrogen-bond donors (Lipinski definition) is 0. The predicted molar refractivity (Wildman–Crippen MR) is 144 cm³/mol. The third kappa shape index (κ3) is 4.24. The van der Waals surface area contributed by atoms with E-state index < -0.39 is 0 Å². The average molecular weight is 477 g/mol. The molecule has 172 valence electrons. The molecule has 0 fully saturated rings. The highest BCUT2D eigenvalue weighted by atomic mass is 32.2. The lowest BCUT2D eigenvalue weighted by Crippen LogP contribution is -2.26. The van der Waals surface area contributed by atoms with Crippen LogP contribution in [0.25, 0.3) is 31.7 Å². The van der Waals surface area contributed by atoms with Crippen LogP contribution in [-0.4, -0.2) is 34.3 Å². The Kier molecular flexibility index (Phi) is 6.84. The molecule has 0 bridgehead atoms. The highest BCUT2D eigenvalue weighted by molar-refractivity contribution is 7.98. The van der Waals surface area contributed by atoms with E-state index in [2.05, 4.69) is 55.3 Å². The molecule has 0 spiro atoms. The number of aromatic nitrogens is 3. The number of rotatable bonds is 9. The maximum Gasteiger partial charge on any atom is 0.189 e. The van der Waals surface area contributed by atoms with Gasteiger partial charge < -0.3 is 4.90 Å². The summed E-state index contributed by atoms with van der Waals surface area (Å²) in [6.07, 6.45) is 10.2. The van der Waals surface area contributed by atoms with E-state index in [1.54, 1.807) is 23.1 Å². The van der Waals surface area contributed by atoms with Crippen molar-refractivity contribution in [2.75, 3.05) is 24.2 Å². The molecule has 0 saturated heterocycles. The van der Waals surface area contributed by atoms with E-state index in [0.29, 0.717) is 0 Å². The van der Waals surface area contributed by atoms with Gasteiger partial charge in [-0.1, -0.05) is 68.8 Å². The second-order valence-electron chi connectivity index (χ2n) is 8.83. The van der Waals surface area contributed by atoms with Crippen molar-refractivity contribution in [3.63, 3.8) is 0 Å². The first kappa shape index (κ1) is 22.6. The van der Waals surface area contributed by atoms with Crippen LogP contribution in [0, 0.1) is 0 Å². The van der Waals surface area contributed by atoms with E-state index in [1.807, 2.05) is 0 Å². The third-order valence-electron chi connectivity index (χ3n) is 6.59. The van der Waals surface area contributed by atoms with Crippen molar-refractivity contribution >= 4 is 49.3 Å². The van der Waals surface area contributed by atoms with Crippen LogP contribution < -0.4 is 4.90 Å². The maximum absolute atomic E-state index is 5.26. The fourth-order valence-electron chi connectivity index (χ4n) is 4.89. The standard InChI is InChI=1S/C27H32N4S2/c1-4-6-16-31(17-7-5-2)25-24-23(29-27(30-25)32-3)21-19-14-11-15-20(19)22(28-26(21)33-24)18-12-9-8-10-13-18/h8-10,12-13H,4-7,11,14-17H2,1-3H3. The first-order valence-electron chi connectivity index (χ1n) is 12.3. The highest BCUT2D eigenvalue weighted by Crippen LogP contribution is 2.44. The number of thiophene rings is 1. The van der Waals surface area contributed by atoms with E-state index in [1.165, 1.54) is 58.9 Å². The number of pyridine rings is 1. The zero-order chi connectivity index (χ0) is 22.8. The molecule has 3 aromatic heterocycles. The van der Waals surface area contributed by atoms with Gasteiger partial charge in [0, 0.05) is 24.0 Å². The molecule has 5 rings (SSSR count). The van der Waals surface area contributed by atoms with Gasteiger partial charge in [-0.15, -0.1) is 11.3 Å². The van der Waals surface area contributed by atoms with Crippen LogP contribution >= 0.6 is 23.1 Å². The van der Waals surface area contributed by atoms with E-state index >= 15 is 0 Å². The molecule has 3 heterocycles. The Bertz CT molecular complexity index is 1260. The van der Waals surface area contributed by atoms with Crippen molar-refractivity contribution in [3.05, 3.63) is 41.5 Å². The van der Waals surface area contributed by atoms with Gasteiger partial charge in [0.25, 0.3) is 0 Å². The lowest BCUT2D eigenvalue weighted by molar-refractivity contribution is 0.670. The van der Waals surface area contributed by atoms with E-state index in [9.17, 15) is 0 Å². The van der Waals surface area contributed by atoms with Gasteiger partial charge in [-0.3, -0.25) is 0 Å². The van der Waals surface area contributed by atoms with Crippen LogP contribution in [0.3, 0.4) is 0 Å². The second-order valence-corrected chi connectivity index (χ2v) is 10.6. The molecule has 1 aliphatic rings. The van der Waals surface area contributed by atoms with E-state index in [0.717, 1.165) is 52.9 Å². The van der Waals surface area contributed by atoms with Gasteiger partial charge in [0.05, 0.1) is 15.9 Å². The minimum Gasteiger partial charge on any atom is -0.355 e. The number of fused-ring (bicyclic) bond motifs is 5. The molecular weight excluding hydrogens is 444 g/mol. The number of unbranched alkanes of at least 4 members (excludes halogenated alkanes) is 2. The summed E-state index contributed by atoms with van der Waals surface area (Å²) in [6, 6.07) is 10.7. The van der Waals surface area contributed by atoms with Crippen molar-refractivity contribution in [3.8, 4) is 11.3 Å². The first-order chi connectivity index (χ1) is 16.2. The molecule has 0 aliphatic heterocycles. The Morgan fingerprint density at radius 1 is 0.939 bits per heavy atom. The molecule has 4 aromatic rings. The molecule has 0 atom stereocenters. The Hall–Kier alpha value is -2.18. The fraction of sp³-hybridized carbons (Fsp3) is 0.444. The summed E-state index contributed by atoms with van der Waals surface area (Å²) < 4.78 is 1.21. The Balaban J connectivity index is 1.76. The Morgan fingerprint density at radius 2 is 1.67 bits per heavy atom. The second kappa shape index (κ2) is 9.98. The van der Waals surface area contributed by atoms with Crippen LogP contribution in [0.1, 0.15) is 57.1 Å².